The molecule has 0 aliphatic carbocycles. The first-order valence-electron chi connectivity index (χ1n) is 8.75. The standard InChI is InChI=1S/C23H24N/c1-4-12-20(13-5-1)14-6-2-9-17-22(21-15-7-3-8-16-21)23-18-10-11-19-24-23/h1-5,7-8,10-13,15-16,18-19,22H,6,9,14,17H2. The molecule has 3 aromatic rings. The molecule has 0 N–H and O–H groups in total. The zero-order valence-corrected chi connectivity index (χ0v) is 14.0. The first-order chi connectivity index (χ1) is 11.9. The Hall–Kier alpha value is -2.41. The van der Waals surface area contributed by atoms with E-state index in [2.05, 4.69) is 84.2 Å². The first-order valence-corrected chi connectivity index (χ1v) is 8.75. The summed E-state index contributed by atoms with van der Waals surface area (Å²) in [6.07, 6.45) is 8.79. The van der Waals surface area contributed by atoms with Crippen LogP contribution in [0.1, 0.15) is 42.0 Å². The van der Waals surface area contributed by atoms with Gasteiger partial charge in [-0.25, -0.2) is 0 Å². The van der Waals surface area contributed by atoms with Crippen molar-refractivity contribution in [1.82, 2.24) is 4.98 Å². The van der Waals surface area contributed by atoms with Crippen LogP contribution in [0.2, 0.25) is 0 Å². The summed E-state index contributed by atoms with van der Waals surface area (Å²) in [6, 6.07) is 27.6. The summed E-state index contributed by atoms with van der Waals surface area (Å²) < 4.78 is 0. The van der Waals surface area contributed by atoms with E-state index in [1.165, 1.54) is 16.8 Å². The van der Waals surface area contributed by atoms with Crippen LogP contribution in [0, 0.1) is 6.42 Å². The fraction of sp³-hybridized carbons (Fsp3) is 0.217. The number of hydrogen-bond acceptors (Lipinski definition) is 1. The van der Waals surface area contributed by atoms with Gasteiger partial charge in [0.1, 0.15) is 0 Å². The van der Waals surface area contributed by atoms with Crippen molar-refractivity contribution < 1.29 is 0 Å². The van der Waals surface area contributed by atoms with Gasteiger partial charge in [0, 0.05) is 17.8 Å². The molecule has 0 amide bonds. The normalized spacial score (nSPS) is 12.0. The highest BCUT2D eigenvalue weighted by atomic mass is 14.7. The Morgan fingerprint density at radius 1 is 0.750 bits per heavy atom. The lowest BCUT2D eigenvalue weighted by molar-refractivity contribution is 0.671. The highest BCUT2D eigenvalue weighted by Crippen LogP contribution is 2.28. The molecule has 24 heavy (non-hydrogen) atoms. The van der Waals surface area contributed by atoms with Crippen LogP contribution in [-0.2, 0) is 6.42 Å². The third kappa shape index (κ3) is 4.79. The van der Waals surface area contributed by atoms with Crippen molar-refractivity contribution in [2.75, 3.05) is 0 Å². The molecular weight excluding hydrogens is 290 g/mol. The van der Waals surface area contributed by atoms with Crippen LogP contribution in [0.25, 0.3) is 0 Å². The van der Waals surface area contributed by atoms with E-state index >= 15 is 0 Å². The molecule has 0 aliphatic heterocycles. The van der Waals surface area contributed by atoms with Gasteiger partial charge in [-0.3, -0.25) is 4.98 Å². The number of rotatable bonds is 8. The number of hydrogen-bond donors (Lipinski definition) is 0. The van der Waals surface area contributed by atoms with Crippen LogP contribution in [0.15, 0.2) is 85.1 Å². The van der Waals surface area contributed by atoms with Crippen LogP contribution >= 0.6 is 0 Å². The smallest absolute Gasteiger partial charge is 0.0478 e. The third-order valence-corrected chi connectivity index (χ3v) is 4.39. The van der Waals surface area contributed by atoms with Crippen molar-refractivity contribution in [1.29, 1.82) is 0 Å². The third-order valence-electron chi connectivity index (χ3n) is 4.39. The van der Waals surface area contributed by atoms with Crippen molar-refractivity contribution >= 4 is 0 Å². The summed E-state index contributed by atoms with van der Waals surface area (Å²) in [7, 11) is 0. The summed E-state index contributed by atoms with van der Waals surface area (Å²) in [5.74, 6) is 0.375. The molecule has 1 nitrogen and oxygen atoms in total. The zero-order valence-electron chi connectivity index (χ0n) is 14.0. The van der Waals surface area contributed by atoms with Gasteiger partial charge in [-0.05, 0) is 55.4 Å². The van der Waals surface area contributed by atoms with Crippen LogP contribution in [-0.4, -0.2) is 4.98 Å². The Bertz CT molecular complexity index is 652. The second kappa shape index (κ2) is 9.02. The average Bonchev–Trinajstić information content (AvgIpc) is 2.67. The summed E-state index contributed by atoms with van der Waals surface area (Å²) in [5, 5.41) is 0. The van der Waals surface area contributed by atoms with Crippen molar-refractivity contribution in [3.63, 3.8) is 0 Å². The largest absolute Gasteiger partial charge is 0.261 e. The van der Waals surface area contributed by atoms with Crippen molar-refractivity contribution in [3.05, 3.63) is 108 Å². The van der Waals surface area contributed by atoms with E-state index in [4.69, 9.17) is 0 Å². The lowest BCUT2D eigenvalue weighted by atomic mass is 9.89. The van der Waals surface area contributed by atoms with Gasteiger partial charge in [0.25, 0.3) is 0 Å². The van der Waals surface area contributed by atoms with Gasteiger partial charge in [-0.15, -0.1) is 0 Å². The summed E-state index contributed by atoms with van der Waals surface area (Å²) in [6.45, 7) is 0. The molecule has 1 atom stereocenters. The summed E-state index contributed by atoms with van der Waals surface area (Å²) in [5.41, 5.74) is 3.94. The Labute approximate surface area is 145 Å². The maximum Gasteiger partial charge on any atom is 0.0478 e. The van der Waals surface area contributed by atoms with E-state index in [1.54, 1.807) is 0 Å². The van der Waals surface area contributed by atoms with Gasteiger partial charge < -0.3 is 0 Å². The molecule has 2 aromatic carbocycles. The minimum absolute atomic E-state index is 0.375. The molecule has 3 rings (SSSR count). The van der Waals surface area contributed by atoms with Crippen molar-refractivity contribution in [2.45, 2.75) is 31.6 Å². The molecule has 0 aliphatic rings. The maximum atomic E-state index is 4.59. The lowest BCUT2D eigenvalue weighted by Gasteiger charge is -2.17. The Balaban J connectivity index is 1.55. The molecule has 1 radical (unpaired) electrons. The number of aromatic nitrogens is 1. The van der Waals surface area contributed by atoms with Gasteiger partial charge >= 0.3 is 0 Å². The van der Waals surface area contributed by atoms with Crippen molar-refractivity contribution in [3.8, 4) is 0 Å². The van der Waals surface area contributed by atoms with E-state index < -0.39 is 0 Å². The van der Waals surface area contributed by atoms with E-state index in [9.17, 15) is 0 Å². The Morgan fingerprint density at radius 3 is 2.17 bits per heavy atom. The average molecular weight is 314 g/mol. The Kier molecular flexibility index (Phi) is 6.18. The number of benzene rings is 2. The molecule has 0 fully saturated rings. The van der Waals surface area contributed by atoms with E-state index in [1.807, 2.05) is 12.3 Å². The second-order valence-corrected chi connectivity index (χ2v) is 6.11. The molecule has 0 bridgehead atoms. The fourth-order valence-electron chi connectivity index (χ4n) is 3.10. The van der Waals surface area contributed by atoms with Gasteiger partial charge in [0.15, 0.2) is 0 Å². The minimum atomic E-state index is 0.375. The highest BCUT2D eigenvalue weighted by Gasteiger charge is 2.14. The quantitative estimate of drug-likeness (QED) is 0.477. The fourth-order valence-corrected chi connectivity index (χ4v) is 3.10. The molecule has 121 valence electrons. The SMILES string of the molecule is [CH](CCc1ccccc1)CCC(c1ccccc1)c1ccccn1. The Morgan fingerprint density at radius 2 is 1.46 bits per heavy atom. The van der Waals surface area contributed by atoms with E-state index in [0.717, 1.165) is 25.7 Å². The highest BCUT2D eigenvalue weighted by molar-refractivity contribution is 5.28. The monoisotopic (exact) mass is 314 g/mol. The van der Waals surface area contributed by atoms with E-state index in [0.29, 0.717) is 5.92 Å². The van der Waals surface area contributed by atoms with Crippen LogP contribution in [0.4, 0.5) is 0 Å². The molecule has 0 saturated heterocycles. The molecular formula is C23H24N. The predicted octanol–water partition coefficient (Wildman–Crippen LogP) is 5.83. The molecule has 1 heteroatoms. The first kappa shape index (κ1) is 16.4. The van der Waals surface area contributed by atoms with Gasteiger partial charge in [-0.2, -0.15) is 0 Å². The molecule has 0 saturated carbocycles. The molecule has 1 unspecified atom stereocenters. The molecule has 1 aromatic heterocycles. The number of pyridine rings is 1. The summed E-state index contributed by atoms with van der Waals surface area (Å²) >= 11 is 0. The van der Waals surface area contributed by atoms with Gasteiger partial charge in [0.05, 0.1) is 0 Å². The lowest BCUT2D eigenvalue weighted by Crippen LogP contribution is -2.03. The number of aryl methyl sites for hydroxylation is 1. The number of unbranched alkanes of at least 4 members (excludes halogenated alkanes) is 2. The van der Waals surface area contributed by atoms with E-state index in [-0.39, 0.29) is 0 Å². The van der Waals surface area contributed by atoms with Gasteiger partial charge in [0.2, 0.25) is 0 Å². The zero-order chi connectivity index (χ0) is 16.5. The topological polar surface area (TPSA) is 12.9 Å². The van der Waals surface area contributed by atoms with Crippen LogP contribution in [0.5, 0.6) is 0 Å². The maximum absolute atomic E-state index is 4.59. The molecule has 0 spiro atoms. The minimum Gasteiger partial charge on any atom is -0.261 e. The van der Waals surface area contributed by atoms with Gasteiger partial charge in [-0.1, -0.05) is 66.7 Å². The van der Waals surface area contributed by atoms with Crippen LogP contribution in [0.3, 0.4) is 0 Å². The van der Waals surface area contributed by atoms with Crippen molar-refractivity contribution in [2.24, 2.45) is 0 Å². The molecule has 1 heterocycles. The second-order valence-electron chi connectivity index (χ2n) is 6.11. The van der Waals surface area contributed by atoms with Crippen LogP contribution < -0.4 is 0 Å². The predicted molar refractivity (Wildman–Crippen MR) is 101 cm³/mol. The summed E-state index contributed by atoms with van der Waals surface area (Å²) in [4.78, 5) is 4.59. The number of nitrogens with zero attached hydrogens (tertiary/aromatic N) is 1.